The van der Waals surface area contributed by atoms with Crippen LogP contribution in [0.25, 0.3) is 10.9 Å². The molecule has 140 valence electrons. The van der Waals surface area contributed by atoms with E-state index >= 15 is 0 Å². The molecule has 3 aromatic rings. The summed E-state index contributed by atoms with van der Waals surface area (Å²) in [5, 5.41) is 8.13. The van der Waals surface area contributed by atoms with E-state index in [0.717, 1.165) is 17.3 Å². The normalized spacial score (nSPS) is 17.7. The molecule has 1 aromatic carbocycles. The van der Waals surface area contributed by atoms with Crippen molar-refractivity contribution in [2.75, 3.05) is 33.4 Å². The van der Waals surface area contributed by atoms with Crippen LogP contribution < -0.4 is 4.74 Å². The second kappa shape index (κ2) is 7.75. The fourth-order valence-electron chi connectivity index (χ4n) is 3.53. The number of aromatic nitrogens is 3. The van der Waals surface area contributed by atoms with Crippen LogP contribution >= 0.6 is 0 Å². The molecule has 4 rings (SSSR count). The van der Waals surface area contributed by atoms with E-state index in [-0.39, 0.29) is 11.8 Å². The van der Waals surface area contributed by atoms with Gasteiger partial charge >= 0.3 is 0 Å². The average molecular weight is 366 g/mol. The molecule has 27 heavy (non-hydrogen) atoms. The second-order valence-corrected chi connectivity index (χ2v) is 6.75. The molecule has 2 aromatic heterocycles. The van der Waals surface area contributed by atoms with E-state index in [1.165, 1.54) is 12.7 Å². The molecule has 1 unspecified atom stereocenters. The summed E-state index contributed by atoms with van der Waals surface area (Å²) in [6.45, 7) is 2.37. The summed E-state index contributed by atoms with van der Waals surface area (Å²) >= 11 is 0. The Balaban J connectivity index is 1.50. The zero-order chi connectivity index (χ0) is 18.6. The summed E-state index contributed by atoms with van der Waals surface area (Å²) in [6.07, 6.45) is 4.29. The maximum atomic E-state index is 13.0. The Morgan fingerprint density at radius 3 is 3.22 bits per heavy atom. The Morgan fingerprint density at radius 1 is 1.41 bits per heavy atom. The number of nitrogens with one attached hydrogen (secondary N) is 1. The molecule has 7 nitrogen and oxygen atoms in total. The molecule has 1 saturated heterocycles. The van der Waals surface area contributed by atoms with Crippen LogP contribution in [-0.4, -0.2) is 59.4 Å². The molecule has 0 saturated carbocycles. The summed E-state index contributed by atoms with van der Waals surface area (Å²) in [5.41, 5.74) is 2.72. The number of ether oxygens (including phenoxy) is 2. The highest BCUT2D eigenvalue weighted by Crippen LogP contribution is 2.21. The minimum atomic E-state index is -0.0688. The van der Waals surface area contributed by atoms with Gasteiger partial charge in [0.15, 0.2) is 0 Å². The van der Waals surface area contributed by atoms with Crippen LogP contribution in [0.5, 0.6) is 5.88 Å². The van der Waals surface area contributed by atoms with E-state index in [9.17, 15) is 4.79 Å². The number of hydrogen-bond acceptors (Lipinski definition) is 5. The third kappa shape index (κ3) is 3.78. The fraction of sp³-hybridized carbons (Fsp3) is 0.350. The first-order valence-corrected chi connectivity index (χ1v) is 9.02. The molecule has 3 heterocycles. The van der Waals surface area contributed by atoms with Crippen LogP contribution in [0.15, 0.2) is 42.7 Å². The number of methoxy groups -OCH3 is 1. The number of carbonyl (C=O) groups is 1. The predicted molar refractivity (Wildman–Crippen MR) is 101 cm³/mol. The summed E-state index contributed by atoms with van der Waals surface area (Å²) in [6, 6.07) is 9.78. The number of carbonyl (C=O) groups excluding carboxylic acids is 1. The summed E-state index contributed by atoms with van der Waals surface area (Å²) in [5.74, 6) is 0.513. The number of rotatable bonds is 4. The molecule has 7 heteroatoms. The van der Waals surface area contributed by atoms with Gasteiger partial charge in [-0.25, -0.2) is 4.98 Å². The van der Waals surface area contributed by atoms with E-state index in [1.54, 1.807) is 18.3 Å². The Bertz CT molecular complexity index is 940. The molecule has 1 aliphatic rings. The van der Waals surface area contributed by atoms with Crippen LogP contribution in [0, 0.1) is 5.92 Å². The van der Waals surface area contributed by atoms with Crippen LogP contribution in [-0.2, 0) is 11.2 Å². The first-order valence-electron chi connectivity index (χ1n) is 9.02. The van der Waals surface area contributed by atoms with Crippen molar-refractivity contribution in [3.05, 3.63) is 53.9 Å². The maximum Gasteiger partial charge on any atom is 0.259 e. The molecule has 1 atom stereocenters. The number of nitrogens with zero attached hydrogens (tertiary/aromatic N) is 3. The lowest BCUT2D eigenvalue weighted by molar-refractivity contribution is 0.0733. The molecule has 0 bridgehead atoms. The molecule has 0 spiro atoms. The van der Waals surface area contributed by atoms with Crippen molar-refractivity contribution >= 4 is 16.8 Å². The Kier molecular flexibility index (Phi) is 5.02. The van der Waals surface area contributed by atoms with Gasteiger partial charge in [-0.3, -0.25) is 9.89 Å². The van der Waals surface area contributed by atoms with E-state index in [1.807, 2.05) is 17.2 Å². The van der Waals surface area contributed by atoms with Gasteiger partial charge in [0.05, 0.1) is 32.0 Å². The molecule has 0 aliphatic carbocycles. The standard InChI is InChI=1S/C20H22N4O3/c1-26-19-17(3-2-6-21-19)20(25)24-7-8-27-13-15(12-24)9-14-4-5-18-16(10-14)11-22-23-18/h2-6,10-11,15H,7-9,12-13H2,1H3,(H,22,23). The van der Waals surface area contributed by atoms with Gasteiger partial charge in [-0.05, 0) is 36.2 Å². The average Bonchev–Trinajstić information content (AvgIpc) is 3.05. The number of pyridine rings is 1. The Labute approximate surface area is 157 Å². The monoisotopic (exact) mass is 366 g/mol. The van der Waals surface area contributed by atoms with Gasteiger partial charge in [-0.2, -0.15) is 5.10 Å². The number of hydrogen-bond donors (Lipinski definition) is 1. The van der Waals surface area contributed by atoms with E-state index in [2.05, 4.69) is 27.3 Å². The molecule has 1 N–H and O–H groups in total. The van der Waals surface area contributed by atoms with Crippen LogP contribution in [0.2, 0.25) is 0 Å². The number of H-pyrrole nitrogens is 1. The van der Waals surface area contributed by atoms with Crippen LogP contribution in [0.3, 0.4) is 0 Å². The minimum absolute atomic E-state index is 0.0688. The van der Waals surface area contributed by atoms with Crippen molar-refractivity contribution in [2.24, 2.45) is 5.92 Å². The first kappa shape index (κ1) is 17.5. The number of benzene rings is 1. The van der Waals surface area contributed by atoms with E-state index in [4.69, 9.17) is 9.47 Å². The molecule has 1 amide bonds. The Hall–Kier alpha value is -2.93. The van der Waals surface area contributed by atoms with Crippen LogP contribution in [0.1, 0.15) is 15.9 Å². The maximum absolute atomic E-state index is 13.0. The lowest BCUT2D eigenvalue weighted by Gasteiger charge is -2.24. The zero-order valence-electron chi connectivity index (χ0n) is 15.2. The number of fused-ring (bicyclic) bond motifs is 1. The first-order chi connectivity index (χ1) is 13.2. The highest BCUT2D eigenvalue weighted by Gasteiger charge is 2.26. The minimum Gasteiger partial charge on any atom is -0.480 e. The van der Waals surface area contributed by atoms with Crippen molar-refractivity contribution in [1.29, 1.82) is 0 Å². The summed E-state index contributed by atoms with van der Waals surface area (Å²) in [4.78, 5) is 19.0. The highest BCUT2D eigenvalue weighted by atomic mass is 16.5. The predicted octanol–water partition coefficient (Wildman–Crippen LogP) is 2.30. The van der Waals surface area contributed by atoms with Crippen molar-refractivity contribution in [3.63, 3.8) is 0 Å². The van der Waals surface area contributed by atoms with Gasteiger partial charge in [-0.1, -0.05) is 6.07 Å². The van der Waals surface area contributed by atoms with Crippen molar-refractivity contribution in [2.45, 2.75) is 6.42 Å². The lowest BCUT2D eigenvalue weighted by atomic mass is 9.98. The van der Waals surface area contributed by atoms with Gasteiger partial charge in [0, 0.05) is 30.6 Å². The van der Waals surface area contributed by atoms with Crippen molar-refractivity contribution in [3.8, 4) is 5.88 Å². The molecule has 1 aliphatic heterocycles. The van der Waals surface area contributed by atoms with E-state index < -0.39 is 0 Å². The summed E-state index contributed by atoms with van der Waals surface area (Å²) in [7, 11) is 1.53. The van der Waals surface area contributed by atoms with Gasteiger partial charge in [0.2, 0.25) is 5.88 Å². The van der Waals surface area contributed by atoms with E-state index in [0.29, 0.717) is 37.7 Å². The number of amides is 1. The Morgan fingerprint density at radius 2 is 2.33 bits per heavy atom. The lowest BCUT2D eigenvalue weighted by Crippen LogP contribution is -2.36. The van der Waals surface area contributed by atoms with Crippen LogP contribution in [0.4, 0.5) is 0 Å². The summed E-state index contributed by atoms with van der Waals surface area (Å²) < 4.78 is 11.0. The number of aromatic amines is 1. The molecular formula is C20H22N4O3. The van der Waals surface area contributed by atoms with Gasteiger partial charge in [0.25, 0.3) is 5.91 Å². The second-order valence-electron chi connectivity index (χ2n) is 6.75. The van der Waals surface area contributed by atoms with Gasteiger partial charge < -0.3 is 14.4 Å². The topological polar surface area (TPSA) is 80.3 Å². The van der Waals surface area contributed by atoms with Crippen molar-refractivity contribution < 1.29 is 14.3 Å². The molecule has 0 radical (unpaired) electrons. The molecular weight excluding hydrogens is 344 g/mol. The third-order valence-electron chi connectivity index (χ3n) is 4.85. The zero-order valence-corrected chi connectivity index (χ0v) is 15.2. The van der Waals surface area contributed by atoms with Gasteiger partial charge in [-0.15, -0.1) is 0 Å². The van der Waals surface area contributed by atoms with Crippen molar-refractivity contribution in [1.82, 2.24) is 20.1 Å². The van der Waals surface area contributed by atoms with Gasteiger partial charge in [0.1, 0.15) is 5.56 Å². The third-order valence-corrected chi connectivity index (χ3v) is 4.85. The molecule has 1 fully saturated rings. The fourth-order valence-corrected chi connectivity index (χ4v) is 3.53. The SMILES string of the molecule is COc1ncccc1C(=O)N1CCOCC(Cc2ccc3[nH]ncc3c2)C1. The quantitative estimate of drug-likeness (QED) is 0.766. The largest absolute Gasteiger partial charge is 0.480 e. The highest BCUT2D eigenvalue weighted by molar-refractivity contribution is 5.96. The smallest absolute Gasteiger partial charge is 0.259 e.